The number of hydrogen-bond donors (Lipinski definition) is 0. The van der Waals surface area contributed by atoms with Gasteiger partial charge in [-0.1, -0.05) is 12.1 Å². The normalized spacial score (nSPS) is 20.5. The molecule has 0 aliphatic carbocycles. The summed E-state index contributed by atoms with van der Waals surface area (Å²) in [4.78, 5) is 28.0. The van der Waals surface area contributed by atoms with E-state index in [4.69, 9.17) is 4.74 Å². The molecule has 35 heavy (non-hydrogen) atoms. The van der Waals surface area contributed by atoms with E-state index in [1.54, 1.807) is 17.0 Å². The monoisotopic (exact) mass is 511 g/mol. The lowest BCUT2D eigenvalue weighted by molar-refractivity contribution is -0.137. The molecule has 0 unspecified atom stereocenters. The summed E-state index contributed by atoms with van der Waals surface area (Å²) in [5.74, 6) is -0.909. The molecule has 2 aliphatic heterocycles. The van der Waals surface area contributed by atoms with Crippen molar-refractivity contribution in [2.45, 2.75) is 30.5 Å². The maximum atomic E-state index is 13.4. The predicted octanol–water partition coefficient (Wildman–Crippen LogP) is 2.74. The topological polar surface area (TPSA) is 87.2 Å². The zero-order valence-corrected chi connectivity index (χ0v) is 19.7. The Morgan fingerprint density at radius 3 is 2.20 bits per heavy atom. The second-order valence-electron chi connectivity index (χ2n) is 8.15. The molecule has 2 saturated heterocycles. The lowest BCUT2D eigenvalue weighted by atomic mass is 10.1. The van der Waals surface area contributed by atoms with Gasteiger partial charge in [-0.25, -0.2) is 13.3 Å². The highest BCUT2D eigenvalue weighted by molar-refractivity contribution is 7.89. The summed E-state index contributed by atoms with van der Waals surface area (Å²) >= 11 is 0. The number of hydrogen-bond acceptors (Lipinski definition) is 6. The summed E-state index contributed by atoms with van der Waals surface area (Å²) in [6.45, 7) is 2.75. The highest BCUT2D eigenvalue weighted by Crippen LogP contribution is 2.38. The van der Waals surface area contributed by atoms with Crippen LogP contribution in [-0.4, -0.2) is 68.3 Å². The number of carbonyl (C=O) groups excluding carboxylic acids is 2. The van der Waals surface area contributed by atoms with Crippen LogP contribution >= 0.6 is 0 Å². The molecule has 1 atom stereocenters. The molecule has 2 aromatic rings. The summed E-state index contributed by atoms with van der Waals surface area (Å²) in [5.41, 5.74) is -1.55. The molecule has 8 nitrogen and oxygen atoms in total. The molecular weight excluding hydrogens is 487 g/mol. The van der Waals surface area contributed by atoms with Crippen molar-refractivity contribution in [1.82, 2.24) is 9.21 Å². The minimum Gasteiger partial charge on any atom is -0.494 e. The van der Waals surface area contributed by atoms with Crippen LogP contribution in [0, 0.1) is 0 Å². The zero-order valence-electron chi connectivity index (χ0n) is 18.9. The Morgan fingerprint density at radius 1 is 0.971 bits per heavy atom. The van der Waals surface area contributed by atoms with Crippen LogP contribution < -0.4 is 9.64 Å². The van der Waals surface area contributed by atoms with Gasteiger partial charge >= 0.3 is 6.18 Å². The van der Waals surface area contributed by atoms with Crippen LogP contribution in [0.4, 0.5) is 18.9 Å². The molecule has 2 aromatic carbocycles. The number of nitrogens with zero attached hydrogens (tertiary/aromatic N) is 3. The molecule has 2 aliphatic rings. The Hall–Kier alpha value is -2.96. The Morgan fingerprint density at radius 2 is 1.60 bits per heavy atom. The van der Waals surface area contributed by atoms with Crippen molar-refractivity contribution in [3.8, 4) is 5.75 Å². The summed E-state index contributed by atoms with van der Waals surface area (Å²) < 4.78 is 72.9. The van der Waals surface area contributed by atoms with Gasteiger partial charge in [0.05, 0.1) is 35.2 Å². The largest absolute Gasteiger partial charge is 0.494 e. The lowest BCUT2D eigenvalue weighted by Crippen LogP contribution is -2.53. The highest BCUT2D eigenvalue weighted by atomic mass is 32.2. The van der Waals surface area contributed by atoms with Gasteiger partial charge < -0.3 is 4.74 Å². The van der Waals surface area contributed by atoms with E-state index in [0.29, 0.717) is 17.3 Å². The van der Waals surface area contributed by atoms with Gasteiger partial charge in [0.25, 0.3) is 5.91 Å². The van der Waals surface area contributed by atoms with Crippen LogP contribution in [0.25, 0.3) is 0 Å². The van der Waals surface area contributed by atoms with Crippen molar-refractivity contribution in [2.24, 2.45) is 0 Å². The molecule has 0 saturated carbocycles. The lowest BCUT2D eigenvalue weighted by Gasteiger charge is -2.36. The number of piperazine rings is 1. The fourth-order valence-corrected chi connectivity index (χ4v) is 5.76. The van der Waals surface area contributed by atoms with Crippen molar-refractivity contribution in [2.75, 3.05) is 37.7 Å². The van der Waals surface area contributed by atoms with Gasteiger partial charge in [-0.3, -0.25) is 14.5 Å². The number of para-hydroxylation sites is 1. The molecule has 0 radical (unpaired) electrons. The Labute approximate surface area is 200 Å². The second kappa shape index (κ2) is 9.59. The standard InChI is InChI=1S/C23H24F3N3O5S/c1-2-34-16-7-9-17(10-8-16)35(32,33)28-13-11-27(12-14-28)20-15-21(30)29(22(20)31)19-6-4-3-5-18(19)23(24,25)26/h3-10,20H,2,11-15H2,1H3/t20-/m0/s1. The van der Waals surface area contributed by atoms with E-state index in [2.05, 4.69) is 0 Å². The number of imide groups is 1. The van der Waals surface area contributed by atoms with Crippen LogP contribution in [0.2, 0.25) is 0 Å². The molecule has 0 aromatic heterocycles. The van der Waals surface area contributed by atoms with Gasteiger partial charge in [0, 0.05) is 26.2 Å². The predicted molar refractivity (Wildman–Crippen MR) is 120 cm³/mol. The molecule has 0 N–H and O–H groups in total. The van der Waals surface area contributed by atoms with Crippen molar-refractivity contribution in [3.05, 3.63) is 54.1 Å². The number of ether oxygens (including phenoxy) is 1. The summed E-state index contributed by atoms with van der Waals surface area (Å²) in [6, 6.07) is 9.58. The van der Waals surface area contributed by atoms with Crippen LogP contribution in [0.5, 0.6) is 5.75 Å². The fraction of sp³-hybridized carbons (Fsp3) is 0.391. The number of anilines is 1. The first-order valence-corrected chi connectivity index (χ1v) is 12.5. The van der Waals surface area contributed by atoms with Crippen molar-refractivity contribution in [3.63, 3.8) is 0 Å². The third kappa shape index (κ3) is 4.91. The Balaban J connectivity index is 1.46. The highest BCUT2D eigenvalue weighted by Gasteiger charge is 2.46. The summed E-state index contributed by atoms with van der Waals surface area (Å²) in [5, 5.41) is 0. The van der Waals surface area contributed by atoms with Gasteiger partial charge in [-0.05, 0) is 43.3 Å². The molecule has 4 rings (SSSR count). The van der Waals surface area contributed by atoms with Gasteiger partial charge in [0.2, 0.25) is 15.9 Å². The quantitative estimate of drug-likeness (QED) is 0.555. The summed E-state index contributed by atoms with van der Waals surface area (Å²) in [6.07, 6.45) is -4.99. The SMILES string of the molecule is CCOc1ccc(S(=O)(=O)N2CCN([C@H]3CC(=O)N(c4ccccc4C(F)(F)F)C3=O)CC2)cc1. The van der Waals surface area contributed by atoms with E-state index in [-0.39, 0.29) is 37.5 Å². The third-order valence-corrected chi connectivity index (χ3v) is 7.97. The average molecular weight is 512 g/mol. The number of carbonyl (C=O) groups is 2. The number of rotatable bonds is 6. The number of alkyl halides is 3. The van der Waals surface area contributed by atoms with Gasteiger partial charge in [-0.15, -0.1) is 0 Å². The average Bonchev–Trinajstić information content (AvgIpc) is 3.13. The van der Waals surface area contributed by atoms with E-state index < -0.39 is 45.3 Å². The maximum Gasteiger partial charge on any atom is 0.418 e. The van der Waals surface area contributed by atoms with E-state index in [9.17, 15) is 31.2 Å². The summed E-state index contributed by atoms with van der Waals surface area (Å²) in [7, 11) is -3.78. The smallest absolute Gasteiger partial charge is 0.418 e. The molecular formula is C23H24F3N3O5S. The van der Waals surface area contributed by atoms with E-state index >= 15 is 0 Å². The van der Waals surface area contributed by atoms with Crippen LogP contribution in [-0.2, 0) is 25.8 Å². The van der Waals surface area contributed by atoms with Gasteiger partial charge in [0.1, 0.15) is 5.75 Å². The third-order valence-electron chi connectivity index (χ3n) is 6.06. The molecule has 188 valence electrons. The van der Waals surface area contributed by atoms with Crippen LogP contribution in [0.3, 0.4) is 0 Å². The van der Waals surface area contributed by atoms with Crippen molar-refractivity contribution < 1.29 is 35.9 Å². The van der Waals surface area contributed by atoms with Gasteiger partial charge in [0.15, 0.2) is 0 Å². The van der Waals surface area contributed by atoms with Crippen LogP contribution in [0.1, 0.15) is 18.9 Å². The second-order valence-corrected chi connectivity index (χ2v) is 10.1. The van der Waals surface area contributed by atoms with Crippen molar-refractivity contribution >= 4 is 27.5 Å². The Bertz CT molecular complexity index is 1210. The first-order valence-electron chi connectivity index (χ1n) is 11.0. The zero-order chi connectivity index (χ0) is 25.4. The molecule has 12 heteroatoms. The molecule has 2 heterocycles. The van der Waals surface area contributed by atoms with E-state index in [0.717, 1.165) is 12.1 Å². The van der Waals surface area contributed by atoms with Gasteiger partial charge in [-0.2, -0.15) is 17.5 Å². The molecule has 0 spiro atoms. The first kappa shape index (κ1) is 25.1. The molecule has 0 bridgehead atoms. The number of amides is 2. The molecule has 2 amide bonds. The maximum absolute atomic E-state index is 13.4. The number of benzene rings is 2. The van der Waals surface area contributed by atoms with E-state index in [1.807, 2.05) is 6.92 Å². The molecule has 2 fully saturated rings. The minimum absolute atomic E-state index is 0.0760. The Kier molecular flexibility index (Phi) is 6.89. The number of halogens is 3. The number of sulfonamides is 1. The minimum atomic E-state index is -4.73. The van der Waals surface area contributed by atoms with Crippen molar-refractivity contribution in [1.29, 1.82) is 0 Å². The fourth-order valence-electron chi connectivity index (χ4n) is 4.34. The van der Waals surface area contributed by atoms with E-state index in [1.165, 1.54) is 28.6 Å². The first-order chi connectivity index (χ1) is 16.5. The van der Waals surface area contributed by atoms with Crippen LogP contribution in [0.15, 0.2) is 53.4 Å².